The van der Waals surface area contributed by atoms with Crippen LogP contribution < -0.4 is 5.32 Å². The zero-order chi connectivity index (χ0) is 16.1. The number of aromatic nitrogens is 1. The van der Waals surface area contributed by atoms with Gasteiger partial charge in [-0.1, -0.05) is 31.5 Å². The number of carboxylic acids is 1. The van der Waals surface area contributed by atoms with E-state index in [1.165, 1.54) is 5.56 Å². The predicted molar refractivity (Wildman–Crippen MR) is 85.8 cm³/mol. The molecule has 0 aliphatic carbocycles. The van der Waals surface area contributed by atoms with Crippen LogP contribution in [0, 0.1) is 6.92 Å². The maximum Gasteiger partial charge on any atom is 0.326 e. The summed E-state index contributed by atoms with van der Waals surface area (Å²) in [6.45, 7) is 3.94. The number of hydrogen-bond donors (Lipinski definition) is 3. The first-order valence-electron chi connectivity index (χ1n) is 7.60. The Morgan fingerprint density at radius 1 is 1.36 bits per heavy atom. The van der Waals surface area contributed by atoms with Gasteiger partial charge in [0.2, 0.25) is 5.91 Å². The van der Waals surface area contributed by atoms with E-state index in [1.807, 2.05) is 38.2 Å². The molecule has 1 aromatic carbocycles. The third-order valence-corrected chi connectivity index (χ3v) is 3.84. The molecule has 1 unspecified atom stereocenters. The minimum absolute atomic E-state index is 0.220. The summed E-state index contributed by atoms with van der Waals surface area (Å²) < 4.78 is 0. The summed E-state index contributed by atoms with van der Waals surface area (Å²) in [4.78, 5) is 26.2. The average Bonchev–Trinajstić information content (AvgIpc) is 2.89. The molecule has 2 rings (SSSR count). The number of H-pyrrole nitrogens is 1. The molecular weight excluding hydrogens is 280 g/mol. The summed E-state index contributed by atoms with van der Waals surface area (Å²) in [6.07, 6.45) is 3.97. The lowest BCUT2D eigenvalue weighted by atomic mass is 10.1. The van der Waals surface area contributed by atoms with Crippen LogP contribution in [-0.4, -0.2) is 28.0 Å². The van der Waals surface area contributed by atoms with Crippen LogP contribution >= 0.6 is 0 Å². The molecule has 2 aromatic rings. The summed E-state index contributed by atoms with van der Waals surface area (Å²) in [7, 11) is 0. The Bertz CT molecular complexity index is 676. The Labute approximate surface area is 129 Å². The Balaban J connectivity index is 1.98. The molecule has 3 N–H and O–H groups in total. The number of aromatic amines is 1. The minimum Gasteiger partial charge on any atom is -0.480 e. The van der Waals surface area contributed by atoms with E-state index in [0.29, 0.717) is 12.8 Å². The third kappa shape index (κ3) is 3.67. The van der Waals surface area contributed by atoms with E-state index in [1.54, 1.807) is 0 Å². The maximum absolute atomic E-state index is 11.9. The van der Waals surface area contributed by atoms with Gasteiger partial charge in [0.15, 0.2) is 0 Å². The molecule has 0 saturated heterocycles. The van der Waals surface area contributed by atoms with Gasteiger partial charge in [-0.3, -0.25) is 4.79 Å². The summed E-state index contributed by atoms with van der Waals surface area (Å²) in [5, 5.41) is 12.8. The SMILES string of the molecule is CCCC(NC(=O)CCc1c[nH]c2c(C)cccc12)C(=O)O. The van der Waals surface area contributed by atoms with E-state index in [-0.39, 0.29) is 12.3 Å². The number of benzene rings is 1. The zero-order valence-corrected chi connectivity index (χ0v) is 13.0. The minimum atomic E-state index is -0.974. The highest BCUT2D eigenvalue weighted by molar-refractivity contribution is 5.87. The molecular formula is C17H22N2O3. The van der Waals surface area contributed by atoms with E-state index in [0.717, 1.165) is 22.9 Å². The summed E-state index contributed by atoms with van der Waals surface area (Å²) in [6, 6.07) is 5.28. The monoisotopic (exact) mass is 302 g/mol. The van der Waals surface area contributed by atoms with E-state index < -0.39 is 12.0 Å². The first-order valence-corrected chi connectivity index (χ1v) is 7.60. The predicted octanol–water partition coefficient (Wildman–Crippen LogP) is 2.78. The van der Waals surface area contributed by atoms with Crippen molar-refractivity contribution >= 4 is 22.8 Å². The number of para-hydroxylation sites is 1. The van der Waals surface area contributed by atoms with Gasteiger partial charge >= 0.3 is 5.97 Å². The van der Waals surface area contributed by atoms with Crippen molar-refractivity contribution in [2.45, 2.75) is 45.6 Å². The van der Waals surface area contributed by atoms with Gasteiger partial charge in [-0.2, -0.15) is 0 Å². The van der Waals surface area contributed by atoms with Gasteiger partial charge in [0.1, 0.15) is 6.04 Å². The van der Waals surface area contributed by atoms with Gasteiger partial charge in [-0.15, -0.1) is 0 Å². The molecule has 0 radical (unpaired) electrons. The van der Waals surface area contributed by atoms with Crippen LogP contribution in [0.3, 0.4) is 0 Å². The number of carbonyl (C=O) groups excluding carboxylic acids is 1. The third-order valence-electron chi connectivity index (χ3n) is 3.84. The Morgan fingerprint density at radius 3 is 2.82 bits per heavy atom. The number of aryl methyl sites for hydroxylation is 2. The summed E-state index contributed by atoms with van der Waals surface area (Å²) in [5.74, 6) is -1.19. The number of aliphatic carboxylic acids is 1. The Morgan fingerprint density at radius 2 is 2.14 bits per heavy atom. The fourth-order valence-corrected chi connectivity index (χ4v) is 2.63. The highest BCUT2D eigenvalue weighted by Gasteiger charge is 2.18. The molecule has 22 heavy (non-hydrogen) atoms. The van der Waals surface area contributed by atoms with Crippen molar-refractivity contribution in [3.05, 3.63) is 35.5 Å². The molecule has 5 heteroatoms. The van der Waals surface area contributed by atoms with Crippen LogP contribution in [0.25, 0.3) is 10.9 Å². The number of nitrogens with one attached hydrogen (secondary N) is 2. The number of rotatable bonds is 7. The maximum atomic E-state index is 11.9. The fourth-order valence-electron chi connectivity index (χ4n) is 2.63. The molecule has 1 atom stereocenters. The number of carboxylic acid groups (broad SMARTS) is 1. The molecule has 1 amide bonds. The van der Waals surface area contributed by atoms with Crippen molar-refractivity contribution in [3.63, 3.8) is 0 Å². The van der Waals surface area contributed by atoms with E-state index in [4.69, 9.17) is 5.11 Å². The lowest BCUT2D eigenvalue weighted by Gasteiger charge is -2.13. The van der Waals surface area contributed by atoms with Crippen molar-refractivity contribution < 1.29 is 14.7 Å². The van der Waals surface area contributed by atoms with Gasteiger partial charge in [0.05, 0.1) is 0 Å². The first kappa shape index (κ1) is 16.1. The lowest BCUT2D eigenvalue weighted by molar-refractivity contribution is -0.142. The molecule has 0 aliphatic heterocycles. The second-order valence-electron chi connectivity index (χ2n) is 5.56. The number of carbonyl (C=O) groups is 2. The van der Waals surface area contributed by atoms with Crippen molar-refractivity contribution in [1.29, 1.82) is 0 Å². The summed E-state index contributed by atoms with van der Waals surface area (Å²) >= 11 is 0. The van der Waals surface area contributed by atoms with Gasteiger partial charge in [0.25, 0.3) is 0 Å². The molecule has 0 saturated carbocycles. The second-order valence-corrected chi connectivity index (χ2v) is 5.56. The number of amides is 1. The molecule has 1 heterocycles. The van der Waals surface area contributed by atoms with Gasteiger partial charge in [0, 0.05) is 23.5 Å². The molecule has 118 valence electrons. The van der Waals surface area contributed by atoms with Crippen LogP contribution in [0.2, 0.25) is 0 Å². The van der Waals surface area contributed by atoms with Crippen molar-refractivity contribution in [2.75, 3.05) is 0 Å². The largest absolute Gasteiger partial charge is 0.480 e. The quantitative estimate of drug-likeness (QED) is 0.735. The van der Waals surface area contributed by atoms with E-state index >= 15 is 0 Å². The summed E-state index contributed by atoms with van der Waals surface area (Å²) in [5.41, 5.74) is 3.34. The standard InChI is InChI=1S/C17H22N2O3/c1-3-5-14(17(21)22)19-15(20)9-8-12-10-18-16-11(2)6-4-7-13(12)16/h4,6-7,10,14,18H,3,5,8-9H2,1-2H3,(H,19,20)(H,21,22). The van der Waals surface area contributed by atoms with Crippen LogP contribution in [0.5, 0.6) is 0 Å². The van der Waals surface area contributed by atoms with Crippen LogP contribution in [0.15, 0.2) is 24.4 Å². The normalized spacial score (nSPS) is 12.3. The van der Waals surface area contributed by atoms with Gasteiger partial charge in [-0.05, 0) is 30.9 Å². The Kier molecular flexibility index (Phi) is 5.20. The molecule has 0 fully saturated rings. The first-order chi connectivity index (χ1) is 10.5. The van der Waals surface area contributed by atoms with Crippen LogP contribution in [0.4, 0.5) is 0 Å². The van der Waals surface area contributed by atoms with Crippen LogP contribution in [0.1, 0.15) is 37.3 Å². The van der Waals surface area contributed by atoms with Crippen LogP contribution in [-0.2, 0) is 16.0 Å². The molecule has 0 spiro atoms. The topological polar surface area (TPSA) is 82.2 Å². The van der Waals surface area contributed by atoms with Crippen molar-refractivity contribution in [3.8, 4) is 0 Å². The average molecular weight is 302 g/mol. The Hall–Kier alpha value is -2.30. The van der Waals surface area contributed by atoms with Crippen molar-refractivity contribution in [2.24, 2.45) is 0 Å². The fraction of sp³-hybridized carbons (Fsp3) is 0.412. The second kappa shape index (κ2) is 7.11. The molecule has 1 aromatic heterocycles. The molecule has 5 nitrogen and oxygen atoms in total. The van der Waals surface area contributed by atoms with Gasteiger partial charge in [-0.25, -0.2) is 4.79 Å². The van der Waals surface area contributed by atoms with E-state index in [2.05, 4.69) is 10.3 Å². The lowest BCUT2D eigenvalue weighted by Crippen LogP contribution is -2.40. The van der Waals surface area contributed by atoms with Gasteiger partial charge < -0.3 is 15.4 Å². The molecule has 0 aliphatic rings. The number of hydrogen-bond acceptors (Lipinski definition) is 2. The van der Waals surface area contributed by atoms with Crippen molar-refractivity contribution in [1.82, 2.24) is 10.3 Å². The zero-order valence-electron chi connectivity index (χ0n) is 13.0. The highest BCUT2D eigenvalue weighted by Crippen LogP contribution is 2.22. The van der Waals surface area contributed by atoms with E-state index in [9.17, 15) is 9.59 Å². The smallest absolute Gasteiger partial charge is 0.326 e. The molecule has 0 bridgehead atoms. The number of fused-ring (bicyclic) bond motifs is 1. The highest BCUT2D eigenvalue weighted by atomic mass is 16.4.